The quantitative estimate of drug-likeness (QED) is 0.789. The van der Waals surface area contributed by atoms with Crippen molar-refractivity contribution in [2.24, 2.45) is 17.6 Å². The highest BCUT2D eigenvalue weighted by Gasteiger charge is 2.34. The van der Waals surface area contributed by atoms with E-state index in [4.69, 9.17) is 5.73 Å². The molecule has 0 unspecified atom stereocenters. The Labute approximate surface area is 105 Å². The number of nitrogens with one attached hydrogen (secondary N) is 1. The van der Waals surface area contributed by atoms with Crippen LogP contribution < -0.4 is 11.1 Å². The Morgan fingerprint density at radius 1 is 1.29 bits per heavy atom. The molecule has 2 rings (SSSR count). The normalized spacial score (nSPS) is 31.6. The minimum absolute atomic E-state index is 0.158. The molecule has 0 aromatic heterocycles. The van der Waals surface area contributed by atoms with Gasteiger partial charge in [0.05, 0.1) is 0 Å². The Balaban J connectivity index is 1.62. The van der Waals surface area contributed by atoms with Gasteiger partial charge < -0.3 is 11.1 Å². The second kappa shape index (κ2) is 5.38. The van der Waals surface area contributed by atoms with Crippen LogP contribution in [0, 0.1) is 11.8 Å². The van der Waals surface area contributed by atoms with Gasteiger partial charge in [0, 0.05) is 18.5 Å². The Bertz CT molecular complexity index is 265. The summed E-state index contributed by atoms with van der Waals surface area (Å²) in [6.45, 7) is 3.19. The van der Waals surface area contributed by atoms with Crippen LogP contribution in [0.4, 0.5) is 0 Å². The van der Waals surface area contributed by atoms with Crippen LogP contribution in [0.3, 0.4) is 0 Å². The minimum atomic E-state index is -0.175. The van der Waals surface area contributed by atoms with Crippen molar-refractivity contribution >= 4 is 5.91 Å². The fraction of sp³-hybridized carbons (Fsp3) is 0.929. The molecule has 0 aliphatic heterocycles. The van der Waals surface area contributed by atoms with Crippen LogP contribution in [0.5, 0.6) is 0 Å². The maximum Gasteiger partial charge on any atom is 0.221 e. The van der Waals surface area contributed by atoms with Gasteiger partial charge in [-0.25, -0.2) is 0 Å². The van der Waals surface area contributed by atoms with E-state index < -0.39 is 0 Å². The molecular weight excluding hydrogens is 212 g/mol. The van der Waals surface area contributed by atoms with Gasteiger partial charge >= 0.3 is 0 Å². The van der Waals surface area contributed by atoms with E-state index in [1.165, 1.54) is 32.1 Å². The lowest BCUT2D eigenvalue weighted by atomic mass is 9.75. The Morgan fingerprint density at radius 2 is 1.94 bits per heavy atom. The molecule has 0 heterocycles. The maximum absolute atomic E-state index is 11.8. The molecule has 17 heavy (non-hydrogen) atoms. The second-order valence-corrected chi connectivity index (χ2v) is 6.32. The van der Waals surface area contributed by atoms with E-state index in [2.05, 4.69) is 12.2 Å². The molecule has 2 aliphatic carbocycles. The van der Waals surface area contributed by atoms with Gasteiger partial charge in [0.15, 0.2) is 0 Å². The first-order chi connectivity index (χ1) is 8.07. The third kappa shape index (κ3) is 3.70. The van der Waals surface area contributed by atoms with Gasteiger partial charge in [-0.2, -0.15) is 0 Å². The van der Waals surface area contributed by atoms with Crippen LogP contribution in [0.25, 0.3) is 0 Å². The minimum Gasteiger partial charge on any atom is -0.356 e. The lowest BCUT2D eigenvalue weighted by Gasteiger charge is -2.37. The van der Waals surface area contributed by atoms with Crippen molar-refractivity contribution in [1.29, 1.82) is 0 Å². The third-order valence-corrected chi connectivity index (χ3v) is 4.59. The smallest absolute Gasteiger partial charge is 0.221 e. The Hall–Kier alpha value is -0.570. The number of carbonyl (C=O) groups excluding carboxylic acids is 1. The van der Waals surface area contributed by atoms with Crippen LogP contribution in [0.2, 0.25) is 0 Å². The number of amides is 1. The molecule has 0 radical (unpaired) electrons. The lowest BCUT2D eigenvalue weighted by molar-refractivity contribution is -0.123. The van der Waals surface area contributed by atoms with Gasteiger partial charge in [0.25, 0.3) is 0 Å². The molecule has 0 bridgehead atoms. The Morgan fingerprint density at radius 3 is 2.47 bits per heavy atom. The summed E-state index contributed by atoms with van der Waals surface area (Å²) in [5.41, 5.74) is 5.89. The number of hydrogen-bond donors (Lipinski definition) is 2. The van der Waals surface area contributed by atoms with Crippen LogP contribution >= 0.6 is 0 Å². The van der Waals surface area contributed by atoms with Crippen molar-refractivity contribution < 1.29 is 4.79 Å². The van der Waals surface area contributed by atoms with Gasteiger partial charge in [-0.3, -0.25) is 4.79 Å². The van der Waals surface area contributed by atoms with E-state index in [-0.39, 0.29) is 11.4 Å². The fourth-order valence-electron chi connectivity index (χ4n) is 2.98. The molecule has 98 valence electrons. The maximum atomic E-state index is 11.8. The first kappa shape index (κ1) is 12.9. The van der Waals surface area contributed by atoms with E-state index >= 15 is 0 Å². The molecule has 3 nitrogen and oxygen atoms in total. The SMILES string of the molecule is CC1CCC(CNC(=O)CC2(N)CCC2)CC1. The van der Waals surface area contributed by atoms with Crippen molar-refractivity contribution in [2.45, 2.75) is 63.8 Å². The highest BCUT2D eigenvalue weighted by atomic mass is 16.1. The van der Waals surface area contributed by atoms with Crippen LogP contribution in [-0.2, 0) is 4.79 Å². The second-order valence-electron chi connectivity index (χ2n) is 6.32. The standard InChI is InChI=1S/C14H26N2O/c1-11-3-5-12(6-4-11)10-16-13(17)9-14(15)7-2-8-14/h11-12H,2-10,15H2,1H3,(H,16,17). The van der Waals surface area contributed by atoms with Gasteiger partial charge in [0.1, 0.15) is 0 Å². The number of hydrogen-bond acceptors (Lipinski definition) is 2. The van der Waals surface area contributed by atoms with E-state index in [1.807, 2.05) is 0 Å². The van der Waals surface area contributed by atoms with Crippen LogP contribution in [0.1, 0.15) is 58.3 Å². The van der Waals surface area contributed by atoms with Gasteiger partial charge in [-0.05, 0) is 43.9 Å². The first-order valence-corrected chi connectivity index (χ1v) is 7.13. The molecule has 0 aromatic carbocycles. The molecule has 0 atom stereocenters. The molecular formula is C14H26N2O. The number of rotatable bonds is 4. The molecule has 2 aliphatic rings. The third-order valence-electron chi connectivity index (χ3n) is 4.59. The van der Waals surface area contributed by atoms with Crippen molar-refractivity contribution in [3.05, 3.63) is 0 Å². The number of carbonyl (C=O) groups is 1. The molecule has 2 fully saturated rings. The van der Waals surface area contributed by atoms with E-state index in [0.29, 0.717) is 12.3 Å². The zero-order valence-electron chi connectivity index (χ0n) is 11.0. The summed E-state index contributed by atoms with van der Waals surface area (Å²) in [6, 6.07) is 0. The molecule has 0 spiro atoms. The first-order valence-electron chi connectivity index (χ1n) is 7.13. The highest BCUT2D eigenvalue weighted by molar-refractivity contribution is 5.77. The predicted octanol–water partition coefficient (Wildman–Crippen LogP) is 2.20. The summed E-state index contributed by atoms with van der Waals surface area (Å²) in [4.78, 5) is 11.8. The molecule has 3 heteroatoms. The largest absolute Gasteiger partial charge is 0.356 e. The number of nitrogens with two attached hydrogens (primary N) is 1. The lowest BCUT2D eigenvalue weighted by Crippen LogP contribution is -2.50. The summed E-state index contributed by atoms with van der Waals surface area (Å²) < 4.78 is 0. The van der Waals surface area contributed by atoms with Crippen molar-refractivity contribution in [2.75, 3.05) is 6.54 Å². The van der Waals surface area contributed by atoms with Crippen LogP contribution in [0.15, 0.2) is 0 Å². The highest BCUT2D eigenvalue weighted by Crippen LogP contribution is 2.32. The van der Waals surface area contributed by atoms with E-state index in [0.717, 1.165) is 25.3 Å². The topological polar surface area (TPSA) is 55.1 Å². The monoisotopic (exact) mass is 238 g/mol. The van der Waals surface area contributed by atoms with Crippen molar-refractivity contribution in [3.8, 4) is 0 Å². The summed E-state index contributed by atoms with van der Waals surface area (Å²) in [6.07, 6.45) is 8.93. The predicted molar refractivity (Wildman–Crippen MR) is 69.5 cm³/mol. The summed E-state index contributed by atoms with van der Waals surface area (Å²) in [5.74, 6) is 1.74. The average molecular weight is 238 g/mol. The molecule has 0 saturated heterocycles. The van der Waals surface area contributed by atoms with Gasteiger partial charge in [-0.15, -0.1) is 0 Å². The van der Waals surface area contributed by atoms with E-state index in [1.54, 1.807) is 0 Å². The molecule has 3 N–H and O–H groups in total. The average Bonchev–Trinajstić information content (AvgIpc) is 2.26. The molecule has 1 amide bonds. The fourth-order valence-corrected chi connectivity index (χ4v) is 2.98. The summed E-state index contributed by atoms with van der Waals surface area (Å²) in [7, 11) is 0. The molecule has 0 aromatic rings. The van der Waals surface area contributed by atoms with Crippen LogP contribution in [-0.4, -0.2) is 18.0 Å². The molecule has 2 saturated carbocycles. The zero-order chi connectivity index (χ0) is 12.3. The van der Waals surface area contributed by atoms with E-state index in [9.17, 15) is 4.79 Å². The summed E-state index contributed by atoms with van der Waals surface area (Å²) in [5, 5.41) is 3.07. The van der Waals surface area contributed by atoms with Gasteiger partial charge in [-0.1, -0.05) is 19.8 Å². The van der Waals surface area contributed by atoms with Gasteiger partial charge in [0.2, 0.25) is 5.91 Å². The summed E-state index contributed by atoms with van der Waals surface area (Å²) >= 11 is 0. The van der Waals surface area contributed by atoms with Crippen molar-refractivity contribution in [1.82, 2.24) is 5.32 Å². The van der Waals surface area contributed by atoms with Crippen molar-refractivity contribution in [3.63, 3.8) is 0 Å². The Kier molecular flexibility index (Phi) is 4.08. The zero-order valence-corrected chi connectivity index (χ0v) is 11.0.